The number of hydrogen-bond donors (Lipinski definition) is 3. The number of rotatable bonds is 8. The first-order valence-electron chi connectivity index (χ1n) is 17.9. The summed E-state index contributed by atoms with van der Waals surface area (Å²) >= 11 is 0. The van der Waals surface area contributed by atoms with Gasteiger partial charge in [0.05, 0.1) is 41.9 Å². The van der Waals surface area contributed by atoms with Crippen molar-refractivity contribution in [1.82, 2.24) is 29.4 Å². The van der Waals surface area contributed by atoms with Crippen molar-refractivity contribution < 1.29 is 18.8 Å². The first kappa shape index (κ1) is 36.9. The molecule has 2 aliphatic heterocycles. The van der Waals surface area contributed by atoms with Gasteiger partial charge in [-0.3, -0.25) is 28.5 Å². The Hall–Kier alpha value is -6.39. The van der Waals surface area contributed by atoms with E-state index < -0.39 is 10.7 Å². The number of non-ortho nitro benzene ring substituents is 1. The summed E-state index contributed by atoms with van der Waals surface area (Å²) < 4.78 is 28.1. The summed E-state index contributed by atoms with van der Waals surface area (Å²) in [5.74, 6) is 0.519. The molecule has 6 heterocycles. The fraction of sp³-hybridized carbons (Fsp3) is 0.282. The van der Waals surface area contributed by atoms with Gasteiger partial charge in [0, 0.05) is 86.1 Å². The maximum absolute atomic E-state index is 14.8. The summed E-state index contributed by atoms with van der Waals surface area (Å²) in [5.41, 5.74) is 3.74. The van der Waals surface area contributed by atoms with Gasteiger partial charge in [0.1, 0.15) is 5.65 Å². The third-order valence-corrected chi connectivity index (χ3v) is 9.61. The van der Waals surface area contributed by atoms with Crippen molar-refractivity contribution in [2.75, 3.05) is 63.7 Å². The molecule has 0 bridgehead atoms. The van der Waals surface area contributed by atoms with E-state index in [0.29, 0.717) is 45.3 Å². The Labute approximate surface area is 314 Å². The van der Waals surface area contributed by atoms with E-state index in [1.54, 1.807) is 43.6 Å². The number of nitrogens with zero attached hydrogens (tertiary/aromatic N) is 6. The lowest BCUT2D eigenvalue weighted by molar-refractivity contribution is -0.384. The van der Waals surface area contributed by atoms with Crippen LogP contribution in [0.5, 0.6) is 11.5 Å². The van der Waals surface area contributed by atoms with E-state index in [0.717, 1.165) is 57.8 Å². The fourth-order valence-corrected chi connectivity index (χ4v) is 6.69. The van der Waals surface area contributed by atoms with Gasteiger partial charge in [0.2, 0.25) is 0 Å². The van der Waals surface area contributed by atoms with Crippen molar-refractivity contribution in [1.29, 1.82) is 0 Å². The number of ether oxygens (including phenoxy) is 2. The summed E-state index contributed by atoms with van der Waals surface area (Å²) in [7, 11) is 3.07. The van der Waals surface area contributed by atoms with E-state index in [1.807, 2.05) is 18.3 Å². The van der Waals surface area contributed by atoms with Gasteiger partial charge >= 0.3 is 0 Å². The molecule has 284 valence electrons. The van der Waals surface area contributed by atoms with Crippen molar-refractivity contribution in [2.24, 2.45) is 0 Å². The van der Waals surface area contributed by atoms with Gasteiger partial charge in [-0.25, -0.2) is 14.4 Å². The average Bonchev–Trinajstić information content (AvgIpc) is 3.21. The highest BCUT2D eigenvalue weighted by Gasteiger charge is 2.17. The minimum Gasteiger partial charge on any atom is -0.493 e. The molecule has 8 rings (SSSR count). The molecule has 55 heavy (non-hydrogen) atoms. The van der Waals surface area contributed by atoms with E-state index in [-0.39, 0.29) is 28.5 Å². The lowest BCUT2D eigenvalue weighted by atomic mass is 10.1. The normalized spacial score (nSPS) is 14.6. The molecule has 16 heteroatoms. The third kappa shape index (κ3) is 8.24. The predicted octanol–water partition coefficient (Wildman–Crippen LogP) is 4.36. The Morgan fingerprint density at radius 2 is 1.44 bits per heavy atom. The summed E-state index contributed by atoms with van der Waals surface area (Å²) in [6.45, 7) is 5.48. The number of methoxy groups -OCH3 is 2. The zero-order chi connectivity index (χ0) is 38.5. The van der Waals surface area contributed by atoms with Crippen LogP contribution in [0.1, 0.15) is 12.8 Å². The van der Waals surface area contributed by atoms with Gasteiger partial charge in [-0.05, 0) is 68.4 Å². The molecule has 0 saturated carbocycles. The zero-order valence-corrected chi connectivity index (χ0v) is 30.3. The lowest BCUT2D eigenvalue weighted by Crippen LogP contribution is -2.43. The number of hydrogen-bond acceptors (Lipinski definition) is 12. The van der Waals surface area contributed by atoms with Gasteiger partial charge in [0.15, 0.2) is 23.0 Å². The second-order valence-electron chi connectivity index (χ2n) is 13.1. The van der Waals surface area contributed by atoms with E-state index >= 15 is 0 Å². The van der Waals surface area contributed by atoms with E-state index in [2.05, 4.69) is 30.8 Å². The van der Waals surface area contributed by atoms with Crippen LogP contribution in [-0.4, -0.2) is 83.2 Å². The number of piperidine rings is 1. The smallest absolute Gasteiger partial charge is 0.269 e. The molecule has 0 unspecified atom stereocenters. The number of fused-ring (bicyclic) bond motifs is 2. The molecule has 0 atom stereocenters. The molecule has 4 aromatic heterocycles. The van der Waals surface area contributed by atoms with Crippen LogP contribution in [0.3, 0.4) is 0 Å². The molecule has 2 aromatic carbocycles. The Kier molecular flexibility index (Phi) is 11.0. The second-order valence-corrected chi connectivity index (χ2v) is 13.1. The highest BCUT2D eigenvalue weighted by atomic mass is 19.1. The van der Waals surface area contributed by atoms with Crippen LogP contribution in [0.2, 0.25) is 0 Å². The molecule has 0 radical (unpaired) electrons. The molecule has 2 aliphatic rings. The van der Waals surface area contributed by atoms with Gasteiger partial charge in [0.25, 0.3) is 16.8 Å². The molecule has 2 fully saturated rings. The summed E-state index contributed by atoms with van der Waals surface area (Å²) in [6, 6.07) is 19.5. The zero-order valence-electron chi connectivity index (χ0n) is 30.3. The molecule has 0 spiro atoms. The number of benzene rings is 2. The highest BCUT2D eigenvalue weighted by Crippen LogP contribution is 2.32. The maximum Gasteiger partial charge on any atom is 0.269 e. The summed E-state index contributed by atoms with van der Waals surface area (Å²) in [6.07, 6.45) is 5.32. The van der Waals surface area contributed by atoms with Crippen LogP contribution < -0.4 is 41.4 Å². The largest absolute Gasteiger partial charge is 0.493 e. The van der Waals surface area contributed by atoms with Crippen LogP contribution in [0, 0.1) is 15.9 Å². The SMILES string of the molecule is COc1ccc(-c2cc(=O)n3cc(NC4CCNCC4)cc(F)c3n2)cc1OC.O=c1cc(-c2ccc([N+](=O)[O-])cc2)nc2ccc(N3CCNCC3)cn12. The molecule has 3 N–H and O–H groups in total. The number of halogens is 1. The number of pyridine rings is 2. The van der Waals surface area contributed by atoms with Gasteiger partial charge in [-0.2, -0.15) is 0 Å². The van der Waals surface area contributed by atoms with Gasteiger partial charge in [-0.15, -0.1) is 0 Å². The first-order valence-corrected chi connectivity index (χ1v) is 17.9. The molecule has 0 aliphatic carbocycles. The predicted molar refractivity (Wildman–Crippen MR) is 208 cm³/mol. The van der Waals surface area contributed by atoms with Crippen LogP contribution in [-0.2, 0) is 0 Å². The van der Waals surface area contributed by atoms with E-state index in [9.17, 15) is 24.1 Å². The quantitative estimate of drug-likeness (QED) is 0.149. The summed E-state index contributed by atoms with van der Waals surface area (Å²) in [4.78, 5) is 46.7. The second kappa shape index (κ2) is 16.3. The molecular formula is C39H40FN9O6. The van der Waals surface area contributed by atoms with Crippen LogP contribution in [0.4, 0.5) is 21.5 Å². The Morgan fingerprint density at radius 1 is 0.782 bits per heavy atom. The van der Waals surface area contributed by atoms with Gasteiger partial charge < -0.3 is 30.3 Å². The molecule has 15 nitrogen and oxygen atoms in total. The average molecular weight is 750 g/mol. The number of piperazine rings is 1. The number of nitro groups is 1. The van der Waals surface area contributed by atoms with E-state index in [4.69, 9.17) is 9.47 Å². The number of nitrogens with one attached hydrogen (secondary N) is 3. The van der Waals surface area contributed by atoms with Gasteiger partial charge in [-0.1, -0.05) is 0 Å². The van der Waals surface area contributed by atoms with Crippen molar-refractivity contribution in [3.8, 4) is 34.0 Å². The first-order chi connectivity index (χ1) is 26.7. The number of aromatic nitrogens is 4. The molecule has 6 aromatic rings. The minimum atomic E-state index is -0.552. The maximum atomic E-state index is 14.8. The molecule has 0 amide bonds. The molecule has 2 saturated heterocycles. The highest BCUT2D eigenvalue weighted by molar-refractivity contribution is 5.67. The Morgan fingerprint density at radius 3 is 2.13 bits per heavy atom. The monoisotopic (exact) mass is 749 g/mol. The Bertz CT molecular complexity index is 2460. The van der Waals surface area contributed by atoms with Crippen molar-refractivity contribution in [3.05, 3.63) is 122 Å². The van der Waals surface area contributed by atoms with Crippen LogP contribution >= 0.6 is 0 Å². The topological polar surface area (TPSA) is 170 Å². The van der Waals surface area contributed by atoms with E-state index in [1.165, 1.54) is 46.2 Å². The lowest BCUT2D eigenvalue weighted by Gasteiger charge is -2.29. The van der Waals surface area contributed by atoms with Crippen molar-refractivity contribution in [2.45, 2.75) is 18.9 Å². The number of nitro benzene ring substituents is 1. The summed E-state index contributed by atoms with van der Waals surface area (Å²) in [5, 5.41) is 20.7. The minimum absolute atomic E-state index is 0.00641. The number of anilines is 2. The van der Waals surface area contributed by atoms with Crippen LogP contribution in [0.25, 0.3) is 33.8 Å². The Balaban J connectivity index is 0.000000170. The molecular weight excluding hydrogens is 709 g/mol. The van der Waals surface area contributed by atoms with Crippen LogP contribution in [0.15, 0.2) is 94.8 Å². The van der Waals surface area contributed by atoms with Crippen molar-refractivity contribution in [3.63, 3.8) is 0 Å². The fourth-order valence-electron chi connectivity index (χ4n) is 6.69. The standard InChI is InChI=1S/C21H23FN4O3.C18H17N5O3/c1-28-18-4-3-13(9-19(18)29-2)17-11-20(27)26-12-15(10-16(22)21(26)25-17)24-14-5-7-23-8-6-14;24-18-11-16(13-1-3-14(4-2-13)23(25)26)20-17-6-5-15(12-22(17)18)21-9-7-19-8-10-21/h3-4,9-12,14,23-24H,5-8H2,1-2H3;1-6,11-12,19H,7-10H2. The third-order valence-electron chi connectivity index (χ3n) is 9.61. The van der Waals surface area contributed by atoms with Crippen molar-refractivity contribution >= 4 is 28.4 Å².